The van der Waals surface area contributed by atoms with Crippen LogP contribution in [0.25, 0.3) is 0 Å². The number of primary amides is 1. The normalized spacial score (nSPS) is 11.5. The number of benzene rings is 2. The van der Waals surface area contributed by atoms with Crippen molar-refractivity contribution in [3.8, 4) is 12.3 Å². The molecule has 2 amide bonds. The maximum Gasteiger partial charge on any atom is 0.240 e. The molecule has 23 heavy (non-hydrogen) atoms. The van der Waals surface area contributed by atoms with Crippen LogP contribution in [0.15, 0.2) is 60.7 Å². The minimum Gasteiger partial charge on any atom is -0.368 e. The molecule has 116 valence electrons. The van der Waals surface area contributed by atoms with E-state index in [9.17, 15) is 9.59 Å². The zero-order valence-corrected chi connectivity index (χ0v) is 12.6. The number of amides is 2. The summed E-state index contributed by atoms with van der Waals surface area (Å²) < 4.78 is 0. The highest BCUT2D eigenvalue weighted by molar-refractivity contribution is 5.92. The van der Waals surface area contributed by atoms with Crippen LogP contribution in [0.2, 0.25) is 0 Å². The molecule has 4 nitrogen and oxygen atoms in total. The van der Waals surface area contributed by atoms with Gasteiger partial charge in [0.2, 0.25) is 11.8 Å². The van der Waals surface area contributed by atoms with Crippen LogP contribution in [-0.2, 0) is 9.59 Å². The molecule has 0 aliphatic rings. The number of rotatable bonds is 6. The highest BCUT2D eigenvalue weighted by Crippen LogP contribution is 2.24. The van der Waals surface area contributed by atoms with E-state index in [2.05, 4.69) is 11.2 Å². The summed E-state index contributed by atoms with van der Waals surface area (Å²) in [5.74, 6) is 0.880. The van der Waals surface area contributed by atoms with Crippen molar-refractivity contribution in [2.75, 3.05) is 0 Å². The summed E-state index contributed by atoms with van der Waals surface area (Å²) in [5.41, 5.74) is 6.97. The lowest BCUT2D eigenvalue weighted by Gasteiger charge is -2.20. The fraction of sp³-hybridized carbons (Fsp3) is 0.158. The van der Waals surface area contributed by atoms with Gasteiger partial charge >= 0.3 is 0 Å². The van der Waals surface area contributed by atoms with Crippen LogP contribution in [0.4, 0.5) is 0 Å². The van der Waals surface area contributed by atoms with Crippen molar-refractivity contribution in [3.63, 3.8) is 0 Å². The number of hydrogen-bond acceptors (Lipinski definition) is 2. The van der Waals surface area contributed by atoms with E-state index in [0.29, 0.717) is 0 Å². The Morgan fingerprint density at radius 2 is 1.48 bits per heavy atom. The second kappa shape index (κ2) is 7.81. The molecule has 2 aromatic carbocycles. The third kappa shape index (κ3) is 4.21. The first kappa shape index (κ1) is 16.3. The average molecular weight is 306 g/mol. The molecule has 0 heterocycles. The third-order valence-corrected chi connectivity index (χ3v) is 3.51. The monoisotopic (exact) mass is 306 g/mol. The molecule has 2 rings (SSSR count). The Morgan fingerprint density at radius 3 is 1.87 bits per heavy atom. The topological polar surface area (TPSA) is 72.2 Å². The summed E-state index contributed by atoms with van der Waals surface area (Å²) in [4.78, 5) is 24.2. The van der Waals surface area contributed by atoms with Crippen molar-refractivity contribution < 1.29 is 9.59 Å². The van der Waals surface area contributed by atoms with Crippen LogP contribution >= 0.6 is 0 Å². The summed E-state index contributed by atoms with van der Waals surface area (Å²) in [5, 5.41) is 2.66. The Bertz CT molecular complexity index is 666. The first-order chi connectivity index (χ1) is 11.1. The second-order valence-corrected chi connectivity index (χ2v) is 5.13. The molecule has 0 saturated carbocycles. The summed E-state index contributed by atoms with van der Waals surface area (Å²) >= 11 is 0. The van der Waals surface area contributed by atoms with Gasteiger partial charge in [-0.3, -0.25) is 9.59 Å². The predicted molar refractivity (Wildman–Crippen MR) is 89.3 cm³/mol. The number of carbonyl (C=O) groups excluding carboxylic acids is 2. The number of nitrogens with one attached hydrogen (secondary N) is 1. The van der Waals surface area contributed by atoms with Gasteiger partial charge in [0.1, 0.15) is 6.04 Å². The van der Waals surface area contributed by atoms with Gasteiger partial charge in [0.15, 0.2) is 0 Å². The SMILES string of the molecule is C#CC[C@@H](NC(=O)C(c1ccccc1)c1ccccc1)C(N)=O. The van der Waals surface area contributed by atoms with Crippen LogP contribution in [0.1, 0.15) is 23.5 Å². The van der Waals surface area contributed by atoms with Crippen molar-refractivity contribution in [3.05, 3.63) is 71.8 Å². The first-order valence-electron chi connectivity index (χ1n) is 7.26. The Kier molecular flexibility index (Phi) is 5.54. The number of hydrogen-bond donors (Lipinski definition) is 2. The van der Waals surface area contributed by atoms with Crippen molar-refractivity contribution in [2.45, 2.75) is 18.4 Å². The van der Waals surface area contributed by atoms with Crippen LogP contribution < -0.4 is 11.1 Å². The van der Waals surface area contributed by atoms with Crippen molar-refractivity contribution in [2.24, 2.45) is 5.73 Å². The molecule has 0 fully saturated rings. The van der Waals surface area contributed by atoms with Crippen molar-refractivity contribution in [1.29, 1.82) is 0 Å². The van der Waals surface area contributed by atoms with Crippen LogP contribution in [0.5, 0.6) is 0 Å². The van der Waals surface area contributed by atoms with E-state index >= 15 is 0 Å². The van der Waals surface area contributed by atoms with Gasteiger partial charge in [0.05, 0.1) is 5.92 Å². The van der Waals surface area contributed by atoms with Crippen LogP contribution in [-0.4, -0.2) is 17.9 Å². The molecule has 4 heteroatoms. The van der Waals surface area contributed by atoms with E-state index in [0.717, 1.165) is 11.1 Å². The summed E-state index contributed by atoms with van der Waals surface area (Å²) in [7, 11) is 0. The van der Waals surface area contributed by atoms with Crippen LogP contribution in [0.3, 0.4) is 0 Å². The Hall–Kier alpha value is -3.06. The van der Waals surface area contributed by atoms with Gasteiger partial charge in [-0.15, -0.1) is 12.3 Å². The van der Waals surface area contributed by atoms with Gasteiger partial charge in [-0.2, -0.15) is 0 Å². The summed E-state index contributed by atoms with van der Waals surface area (Å²) in [6.07, 6.45) is 5.30. The van der Waals surface area contributed by atoms with Gasteiger partial charge < -0.3 is 11.1 Å². The lowest BCUT2D eigenvalue weighted by atomic mass is 9.90. The number of carbonyl (C=O) groups is 2. The highest BCUT2D eigenvalue weighted by Gasteiger charge is 2.26. The Morgan fingerprint density at radius 1 is 1.00 bits per heavy atom. The van der Waals surface area contributed by atoms with Crippen molar-refractivity contribution >= 4 is 11.8 Å². The maximum absolute atomic E-state index is 12.7. The first-order valence-corrected chi connectivity index (χ1v) is 7.26. The van der Waals surface area contributed by atoms with E-state index in [-0.39, 0.29) is 12.3 Å². The molecule has 0 aliphatic heterocycles. The quantitative estimate of drug-likeness (QED) is 0.799. The molecule has 0 aromatic heterocycles. The van der Waals surface area contributed by atoms with Gasteiger partial charge in [0, 0.05) is 6.42 Å². The lowest BCUT2D eigenvalue weighted by Crippen LogP contribution is -2.46. The second-order valence-electron chi connectivity index (χ2n) is 5.13. The molecular weight excluding hydrogens is 288 g/mol. The molecule has 0 bridgehead atoms. The number of terminal acetylenes is 1. The standard InChI is InChI=1S/C19H18N2O2/c1-2-9-16(18(20)22)21-19(23)17(14-10-5-3-6-11-14)15-12-7-4-8-13-15/h1,3-8,10-13,16-17H,9H2,(H2,20,22)(H,21,23)/t16-/m1/s1. The molecule has 3 N–H and O–H groups in total. The van der Waals surface area contributed by atoms with Gasteiger partial charge in [-0.25, -0.2) is 0 Å². The molecule has 0 saturated heterocycles. The maximum atomic E-state index is 12.7. The smallest absolute Gasteiger partial charge is 0.240 e. The molecule has 1 atom stereocenters. The fourth-order valence-electron chi connectivity index (χ4n) is 2.38. The van der Waals surface area contributed by atoms with Gasteiger partial charge in [0.25, 0.3) is 0 Å². The minimum atomic E-state index is -0.873. The predicted octanol–water partition coefficient (Wildman–Crippen LogP) is 1.81. The molecule has 0 aliphatic carbocycles. The summed E-state index contributed by atoms with van der Waals surface area (Å²) in [6.45, 7) is 0. The largest absolute Gasteiger partial charge is 0.368 e. The molecule has 0 radical (unpaired) electrons. The van der Waals surface area contributed by atoms with Gasteiger partial charge in [-0.1, -0.05) is 60.7 Å². The summed E-state index contributed by atoms with van der Waals surface area (Å²) in [6, 6.07) is 17.9. The van der Waals surface area contributed by atoms with E-state index in [4.69, 9.17) is 12.2 Å². The van der Waals surface area contributed by atoms with Crippen LogP contribution in [0, 0.1) is 12.3 Å². The Balaban J connectivity index is 2.33. The van der Waals surface area contributed by atoms with E-state index in [1.807, 2.05) is 60.7 Å². The fourth-order valence-corrected chi connectivity index (χ4v) is 2.38. The van der Waals surface area contributed by atoms with E-state index in [1.54, 1.807) is 0 Å². The molecular formula is C19H18N2O2. The number of nitrogens with two attached hydrogens (primary N) is 1. The highest BCUT2D eigenvalue weighted by atomic mass is 16.2. The lowest BCUT2D eigenvalue weighted by molar-refractivity contribution is -0.127. The molecule has 0 unspecified atom stereocenters. The van der Waals surface area contributed by atoms with Gasteiger partial charge in [-0.05, 0) is 11.1 Å². The minimum absolute atomic E-state index is 0.0668. The van der Waals surface area contributed by atoms with Crippen molar-refractivity contribution in [1.82, 2.24) is 5.32 Å². The van der Waals surface area contributed by atoms with E-state index in [1.165, 1.54) is 0 Å². The zero-order valence-electron chi connectivity index (χ0n) is 12.6. The zero-order chi connectivity index (χ0) is 16.7. The third-order valence-electron chi connectivity index (χ3n) is 3.51. The molecule has 2 aromatic rings. The van der Waals surface area contributed by atoms with E-state index < -0.39 is 17.9 Å². The Labute approximate surface area is 135 Å². The molecule has 0 spiro atoms. The average Bonchev–Trinajstić information content (AvgIpc) is 2.56.